The Morgan fingerprint density at radius 2 is 0.365 bits per heavy atom. The van der Waals surface area contributed by atoms with Crippen LogP contribution in [0.2, 0.25) is 0 Å². The lowest BCUT2D eigenvalue weighted by molar-refractivity contribution is -0.167. The van der Waals surface area contributed by atoms with Gasteiger partial charge in [-0.25, -0.2) is 0 Å². The molecule has 0 bridgehead atoms. The fraction of sp³-hybridized carbons (Fsp3) is 0.956. The van der Waals surface area contributed by atoms with Gasteiger partial charge in [0, 0.05) is 19.3 Å². The molecular formula is C68H132O6. The standard InChI is InChI=1S/C68H132O6/c1-4-7-10-13-16-18-20-22-24-26-28-30-32-33-34-35-36-38-39-41-43-45-47-49-52-55-58-61-67(70)73-64-65(63-72-66(69)60-57-54-51-15-12-9-6-3)74-68(71)62-59-56-53-50-48-46-44-42-40-37-31-29-27-25-23-21-19-17-14-11-8-5-2/h65H,4-64H2,1-3H3. The van der Waals surface area contributed by atoms with Crippen molar-refractivity contribution in [1.82, 2.24) is 0 Å². The highest BCUT2D eigenvalue weighted by Crippen LogP contribution is 2.19. The second kappa shape index (κ2) is 63.9. The molecule has 0 spiro atoms. The number of rotatable bonds is 64. The minimum Gasteiger partial charge on any atom is -0.462 e. The Morgan fingerprint density at radius 1 is 0.216 bits per heavy atom. The van der Waals surface area contributed by atoms with Crippen LogP contribution in [0.5, 0.6) is 0 Å². The summed E-state index contributed by atoms with van der Waals surface area (Å²) in [5, 5.41) is 0. The van der Waals surface area contributed by atoms with Crippen LogP contribution in [-0.4, -0.2) is 37.2 Å². The Hall–Kier alpha value is -1.59. The van der Waals surface area contributed by atoms with E-state index in [4.69, 9.17) is 14.2 Å². The Labute approximate surface area is 463 Å². The van der Waals surface area contributed by atoms with Gasteiger partial charge in [-0.2, -0.15) is 0 Å². The first kappa shape index (κ1) is 72.4. The van der Waals surface area contributed by atoms with Crippen molar-refractivity contribution in [3.05, 3.63) is 0 Å². The number of esters is 3. The molecule has 0 aromatic carbocycles. The van der Waals surface area contributed by atoms with Crippen molar-refractivity contribution in [3.8, 4) is 0 Å². The molecule has 6 heteroatoms. The van der Waals surface area contributed by atoms with Gasteiger partial charge < -0.3 is 14.2 Å². The van der Waals surface area contributed by atoms with E-state index in [-0.39, 0.29) is 31.1 Å². The van der Waals surface area contributed by atoms with Gasteiger partial charge in [0.25, 0.3) is 0 Å². The summed E-state index contributed by atoms with van der Waals surface area (Å²) in [7, 11) is 0. The van der Waals surface area contributed by atoms with Gasteiger partial charge in [-0.05, 0) is 19.3 Å². The topological polar surface area (TPSA) is 78.9 Å². The molecule has 0 N–H and O–H groups in total. The molecule has 74 heavy (non-hydrogen) atoms. The normalized spacial score (nSPS) is 11.9. The van der Waals surface area contributed by atoms with E-state index < -0.39 is 6.10 Å². The number of carbonyl (C=O) groups excluding carboxylic acids is 3. The van der Waals surface area contributed by atoms with E-state index in [2.05, 4.69) is 20.8 Å². The zero-order valence-corrected chi connectivity index (χ0v) is 50.7. The molecule has 1 atom stereocenters. The number of unbranched alkanes of at least 4 members (excludes halogenated alkanes) is 53. The van der Waals surface area contributed by atoms with E-state index in [1.165, 1.54) is 302 Å². The average molecular weight is 1050 g/mol. The Kier molecular flexibility index (Phi) is 62.6. The molecule has 6 nitrogen and oxygen atoms in total. The van der Waals surface area contributed by atoms with Gasteiger partial charge in [-0.1, -0.05) is 361 Å². The number of carbonyl (C=O) groups is 3. The first-order valence-electron chi connectivity index (χ1n) is 34.0. The summed E-state index contributed by atoms with van der Waals surface area (Å²) in [6.07, 6.45) is 74.5. The fourth-order valence-corrected chi connectivity index (χ4v) is 10.7. The first-order valence-corrected chi connectivity index (χ1v) is 34.0. The summed E-state index contributed by atoms with van der Waals surface area (Å²) in [5.74, 6) is -0.834. The highest BCUT2D eigenvalue weighted by molar-refractivity contribution is 5.71. The lowest BCUT2D eigenvalue weighted by Crippen LogP contribution is -2.30. The SMILES string of the molecule is CCCCCCCCCCCCCCCCCCCCCCCCCCCCCC(=O)OCC(COC(=O)CCCCCCCCC)OC(=O)CCCCCCCCCCCCCCCCCCCCCCCC. The third-order valence-corrected chi connectivity index (χ3v) is 15.9. The second-order valence-corrected chi connectivity index (χ2v) is 23.5. The summed E-state index contributed by atoms with van der Waals surface area (Å²) in [5.41, 5.74) is 0. The van der Waals surface area contributed by atoms with Crippen LogP contribution in [-0.2, 0) is 28.6 Å². The molecule has 440 valence electrons. The van der Waals surface area contributed by atoms with Crippen LogP contribution in [0.15, 0.2) is 0 Å². The van der Waals surface area contributed by atoms with Crippen molar-refractivity contribution in [2.45, 2.75) is 406 Å². The predicted molar refractivity (Wildman–Crippen MR) is 321 cm³/mol. The van der Waals surface area contributed by atoms with E-state index in [1.54, 1.807) is 0 Å². The number of ether oxygens (including phenoxy) is 3. The molecule has 0 rings (SSSR count). The van der Waals surface area contributed by atoms with Crippen molar-refractivity contribution < 1.29 is 28.6 Å². The van der Waals surface area contributed by atoms with E-state index >= 15 is 0 Å². The van der Waals surface area contributed by atoms with Crippen LogP contribution in [0.25, 0.3) is 0 Å². The van der Waals surface area contributed by atoms with Crippen molar-refractivity contribution in [1.29, 1.82) is 0 Å². The lowest BCUT2D eigenvalue weighted by atomic mass is 10.0. The molecule has 0 radical (unpaired) electrons. The molecular weight excluding hydrogens is 913 g/mol. The van der Waals surface area contributed by atoms with Crippen LogP contribution in [0, 0.1) is 0 Å². The molecule has 0 aliphatic rings. The zero-order valence-electron chi connectivity index (χ0n) is 50.7. The van der Waals surface area contributed by atoms with E-state index in [9.17, 15) is 14.4 Å². The highest BCUT2D eigenvalue weighted by atomic mass is 16.6. The summed E-state index contributed by atoms with van der Waals surface area (Å²) in [6, 6.07) is 0. The summed E-state index contributed by atoms with van der Waals surface area (Å²) in [6.45, 7) is 6.69. The largest absolute Gasteiger partial charge is 0.462 e. The molecule has 0 aromatic rings. The Balaban J connectivity index is 4.00. The van der Waals surface area contributed by atoms with Crippen molar-refractivity contribution in [2.24, 2.45) is 0 Å². The van der Waals surface area contributed by atoms with Gasteiger partial charge in [-0.3, -0.25) is 14.4 Å². The van der Waals surface area contributed by atoms with Crippen LogP contribution in [0.4, 0.5) is 0 Å². The molecule has 0 heterocycles. The molecule has 1 unspecified atom stereocenters. The molecule has 0 fully saturated rings. The fourth-order valence-electron chi connectivity index (χ4n) is 10.7. The third-order valence-electron chi connectivity index (χ3n) is 15.9. The predicted octanol–water partition coefficient (Wildman–Crippen LogP) is 23.1. The van der Waals surface area contributed by atoms with Gasteiger partial charge in [0.05, 0.1) is 0 Å². The van der Waals surface area contributed by atoms with Crippen LogP contribution >= 0.6 is 0 Å². The Bertz CT molecular complexity index is 1110. The molecule has 0 aromatic heterocycles. The lowest BCUT2D eigenvalue weighted by Gasteiger charge is -2.18. The number of hydrogen-bond donors (Lipinski definition) is 0. The zero-order chi connectivity index (χ0) is 53.6. The molecule has 0 amide bonds. The third kappa shape index (κ3) is 61.3. The van der Waals surface area contributed by atoms with Gasteiger partial charge in [0.15, 0.2) is 6.10 Å². The van der Waals surface area contributed by atoms with Crippen LogP contribution in [0.3, 0.4) is 0 Å². The first-order chi connectivity index (χ1) is 36.5. The van der Waals surface area contributed by atoms with E-state index in [0.717, 1.165) is 57.8 Å². The monoisotopic (exact) mass is 1050 g/mol. The molecule has 0 aliphatic carbocycles. The van der Waals surface area contributed by atoms with E-state index in [1.807, 2.05) is 0 Å². The number of hydrogen-bond acceptors (Lipinski definition) is 6. The van der Waals surface area contributed by atoms with Gasteiger partial charge in [-0.15, -0.1) is 0 Å². The highest BCUT2D eigenvalue weighted by Gasteiger charge is 2.19. The van der Waals surface area contributed by atoms with E-state index in [0.29, 0.717) is 19.3 Å². The van der Waals surface area contributed by atoms with Crippen molar-refractivity contribution >= 4 is 17.9 Å². The maximum absolute atomic E-state index is 12.9. The smallest absolute Gasteiger partial charge is 0.306 e. The van der Waals surface area contributed by atoms with Gasteiger partial charge >= 0.3 is 17.9 Å². The maximum Gasteiger partial charge on any atom is 0.306 e. The van der Waals surface area contributed by atoms with Gasteiger partial charge in [0.2, 0.25) is 0 Å². The Morgan fingerprint density at radius 3 is 0.541 bits per heavy atom. The second-order valence-electron chi connectivity index (χ2n) is 23.5. The van der Waals surface area contributed by atoms with Crippen LogP contribution < -0.4 is 0 Å². The molecule has 0 saturated carbocycles. The molecule has 0 aliphatic heterocycles. The van der Waals surface area contributed by atoms with Crippen molar-refractivity contribution in [2.75, 3.05) is 13.2 Å². The quantitative estimate of drug-likeness (QED) is 0.0343. The van der Waals surface area contributed by atoms with Crippen LogP contribution in [0.1, 0.15) is 400 Å². The minimum atomic E-state index is -0.761. The minimum absolute atomic E-state index is 0.0614. The van der Waals surface area contributed by atoms with Crippen molar-refractivity contribution in [3.63, 3.8) is 0 Å². The average Bonchev–Trinajstić information content (AvgIpc) is 3.40. The summed E-state index contributed by atoms with van der Waals surface area (Å²) in [4.78, 5) is 38.1. The maximum atomic E-state index is 12.9. The summed E-state index contributed by atoms with van der Waals surface area (Å²) < 4.78 is 16.9. The van der Waals surface area contributed by atoms with Gasteiger partial charge in [0.1, 0.15) is 13.2 Å². The summed E-state index contributed by atoms with van der Waals surface area (Å²) >= 11 is 0. The molecule has 0 saturated heterocycles.